The van der Waals surface area contributed by atoms with Crippen molar-refractivity contribution in [3.05, 3.63) is 29.6 Å². The van der Waals surface area contributed by atoms with Crippen LogP contribution in [-0.4, -0.2) is 31.1 Å². The number of rotatable bonds is 4. The third kappa shape index (κ3) is 3.67. The molecule has 1 aromatic rings. The van der Waals surface area contributed by atoms with Crippen LogP contribution in [0.15, 0.2) is 18.2 Å². The van der Waals surface area contributed by atoms with Crippen LogP contribution >= 0.6 is 0 Å². The van der Waals surface area contributed by atoms with Gasteiger partial charge in [0.2, 0.25) is 0 Å². The molecule has 0 aliphatic carbocycles. The quantitative estimate of drug-likeness (QED) is 0.910. The number of likely N-dealkylation sites (tertiary alicyclic amines) is 1. The van der Waals surface area contributed by atoms with Crippen molar-refractivity contribution >= 4 is 0 Å². The molecule has 3 nitrogen and oxygen atoms in total. The second-order valence-corrected chi connectivity index (χ2v) is 5.41. The number of halogens is 1. The van der Waals surface area contributed by atoms with E-state index in [-0.39, 0.29) is 11.9 Å². The van der Waals surface area contributed by atoms with Gasteiger partial charge in [0.1, 0.15) is 18.2 Å². The Morgan fingerprint density at radius 3 is 2.95 bits per heavy atom. The highest BCUT2D eigenvalue weighted by molar-refractivity contribution is 5.36. The Balaban J connectivity index is 2.02. The third-order valence-corrected chi connectivity index (χ3v) is 3.82. The van der Waals surface area contributed by atoms with Crippen molar-refractivity contribution in [3.63, 3.8) is 0 Å². The van der Waals surface area contributed by atoms with Gasteiger partial charge in [0, 0.05) is 17.6 Å². The van der Waals surface area contributed by atoms with E-state index >= 15 is 0 Å². The molecule has 0 saturated carbocycles. The molecular weight excluding hydrogens is 243 g/mol. The third-order valence-electron chi connectivity index (χ3n) is 3.82. The van der Waals surface area contributed by atoms with Crippen LogP contribution in [-0.2, 0) is 0 Å². The van der Waals surface area contributed by atoms with Crippen LogP contribution in [0.25, 0.3) is 0 Å². The van der Waals surface area contributed by atoms with Crippen LogP contribution in [0.3, 0.4) is 0 Å². The fraction of sp³-hybridized carbons (Fsp3) is 0.600. The summed E-state index contributed by atoms with van der Waals surface area (Å²) in [5.74, 6) is 0.435. The fourth-order valence-corrected chi connectivity index (χ4v) is 2.55. The number of benzene rings is 1. The van der Waals surface area contributed by atoms with E-state index in [2.05, 4.69) is 11.9 Å². The first-order valence-corrected chi connectivity index (χ1v) is 6.96. The second-order valence-electron chi connectivity index (χ2n) is 5.41. The molecule has 1 aliphatic rings. The minimum atomic E-state index is -0.269. The summed E-state index contributed by atoms with van der Waals surface area (Å²) in [6, 6.07) is 4.78. The van der Waals surface area contributed by atoms with Gasteiger partial charge in [-0.3, -0.25) is 0 Å². The zero-order valence-electron chi connectivity index (χ0n) is 11.7. The van der Waals surface area contributed by atoms with Crippen molar-refractivity contribution in [1.29, 1.82) is 0 Å². The fourth-order valence-electron chi connectivity index (χ4n) is 2.55. The molecule has 0 bridgehead atoms. The van der Waals surface area contributed by atoms with Gasteiger partial charge in [-0.2, -0.15) is 0 Å². The number of hydrogen-bond acceptors (Lipinski definition) is 3. The normalized spacial score (nSPS) is 22.2. The SMILES string of the molecule is C[C@H](N)c1cc(F)ccc1OCC1CCCCN1C. The first-order chi connectivity index (χ1) is 9.08. The van der Waals surface area contributed by atoms with E-state index in [9.17, 15) is 4.39 Å². The highest BCUT2D eigenvalue weighted by Gasteiger charge is 2.20. The van der Waals surface area contributed by atoms with Gasteiger partial charge < -0.3 is 15.4 Å². The van der Waals surface area contributed by atoms with Crippen LogP contribution in [0.5, 0.6) is 5.75 Å². The smallest absolute Gasteiger partial charge is 0.124 e. The summed E-state index contributed by atoms with van der Waals surface area (Å²) in [5.41, 5.74) is 6.60. The molecular formula is C15H23FN2O. The monoisotopic (exact) mass is 266 g/mol. The Hall–Kier alpha value is -1.13. The van der Waals surface area contributed by atoms with Gasteiger partial charge in [-0.25, -0.2) is 4.39 Å². The molecule has 106 valence electrons. The number of piperidine rings is 1. The van der Waals surface area contributed by atoms with Gasteiger partial charge in [0.05, 0.1) is 0 Å². The van der Waals surface area contributed by atoms with E-state index in [1.54, 1.807) is 6.07 Å². The first kappa shape index (κ1) is 14.3. The maximum atomic E-state index is 13.2. The van der Waals surface area contributed by atoms with Crippen molar-refractivity contribution in [2.24, 2.45) is 5.73 Å². The van der Waals surface area contributed by atoms with Crippen LogP contribution < -0.4 is 10.5 Å². The zero-order chi connectivity index (χ0) is 13.8. The molecule has 4 heteroatoms. The lowest BCUT2D eigenvalue weighted by molar-refractivity contribution is 0.124. The second kappa shape index (κ2) is 6.35. The van der Waals surface area contributed by atoms with Gasteiger partial charge in [-0.05, 0) is 51.6 Å². The number of nitrogens with two attached hydrogens (primary N) is 1. The van der Waals surface area contributed by atoms with Gasteiger partial charge in [-0.1, -0.05) is 6.42 Å². The van der Waals surface area contributed by atoms with Crippen molar-refractivity contribution in [2.45, 2.75) is 38.3 Å². The molecule has 1 saturated heterocycles. The van der Waals surface area contributed by atoms with E-state index in [0.29, 0.717) is 18.4 Å². The Morgan fingerprint density at radius 2 is 2.26 bits per heavy atom. The number of nitrogens with zero attached hydrogens (tertiary/aromatic N) is 1. The van der Waals surface area contributed by atoms with Gasteiger partial charge >= 0.3 is 0 Å². The van der Waals surface area contributed by atoms with E-state index in [4.69, 9.17) is 10.5 Å². The van der Waals surface area contributed by atoms with E-state index in [0.717, 1.165) is 18.5 Å². The van der Waals surface area contributed by atoms with Crippen molar-refractivity contribution in [3.8, 4) is 5.75 Å². The summed E-state index contributed by atoms with van der Waals surface area (Å²) >= 11 is 0. The summed E-state index contributed by atoms with van der Waals surface area (Å²) in [5, 5.41) is 0. The van der Waals surface area contributed by atoms with E-state index in [1.807, 2.05) is 6.92 Å². The Labute approximate surface area is 114 Å². The summed E-state index contributed by atoms with van der Waals surface area (Å²) in [6.45, 7) is 3.60. The minimum absolute atomic E-state index is 0.227. The Kier molecular flexibility index (Phi) is 4.77. The van der Waals surface area contributed by atoms with Crippen molar-refractivity contribution < 1.29 is 9.13 Å². The molecule has 0 spiro atoms. The lowest BCUT2D eigenvalue weighted by Crippen LogP contribution is -2.40. The van der Waals surface area contributed by atoms with Crippen LogP contribution in [0, 0.1) is 5.82 Å². The topological polar surface area (TPSA) is 38.5 Å². The molecule has 2 rings (SSSR count). The Bertz CT molecular complexity index is 423. The summed E-state index contributed by atoms with van der Waals surface area (Å²) in [4.78, 5) is 2.33. The molecule has 1 aliphatic heterocycles. The number of hydrogen-bond donors (Lipinski definition) is 1. The van der Waals surface area contributed by atoms with Gasteiger partial charge in [0.25, 0.3) is 0 Å². The lowest BCUT2D eigenvalue weighted by atomic mass is 10.0. The summed E-state index contributed by atoms with van der Waals surface area (Å²) in [7, 11) is 2.13. The van der Waals surface area contributed by atoms with E-state index in [1.165, 1.54) is 25.0 Å². The van der Waals surface area contributed by atoms with Crippen LogP contribution in [0.2, 0.25) is 0 Å². The molecule has 2 atom stereocenters. The number of ether oxygens (including phenoxy) is 1. The molecule has 0 radical (unpaired) electrons. The number of likely N-dealkylation sites (N-methyl/N-ethyl adjacent to an activating group) is 1. The molecule has 19 heavy (non-hydrogen) atoms. The molecule has 1 unspecified atom stereocenters. The predicted octanol–water partition coefficient (Wildman–Crippen LogP) is 2.71. The molecule has 0 amide bonds. The highest BCUT2D eigenvalue weighted by Crippen LogP contribution is 2.26. The molecule has 2 N–H and O–H groups in total. The van der Waals surface area contributed by atoms with Crippen LogP contribution in [0.4, 0.5) is 4.39 Å². The standard InChI is InChI=1S/C15H23FN2O/c1-11(17)14-9-12(16)6-7-15(14)19-10-13-5-3-4-8-18(13)2/h6-7,9,11,13H,3-5,8,10,17H2,1-2H3/t11-,13?/m0/s1. The largest absolute Gasteiger partial charge is 0.492 e. The Morgan fingerprint density at radius 1 is 1.47 bits per heavy atom. The van der Waals surface area contributed by atoms with Crippen molar-refractivity contribution in [2.75, 3.05) is 20.2 Å². The van der Waals surface area contributed by atoms with E-state index < -0.39 is 0 Å². The maximum Gasteiger partial charge on any atom is 0.124 e. The van der Waals surface area contributed by atoms with Crippen LogP contribution in [0.1, 0.15) is 37.8 Å². The summed E-state index contributed by atoms with van der Waals surface area (Å²) < 4.78 is 19.1. The molecule has 1 heterocycles. The average molecular weight is 266 g/mol. The average Bonchev–Trinajstić information content (AvgIpc) is 2.38. The molecule has 0 aromatic heterocycles. The molecule has 1 fully saturated rings. The zero-order valence-corrected chi connectivity index (χ0v) is 11.7. The predicted molar refractivity (Wildman–Crippen MR) is 74.8 cm³/mol. The van der Waals surface area contributed by atoms with Gasteiger partial charge in [0.15, 0.2) is 0 Å². The minimum Gasteiger partial charge on any atom is -0.492 e. The summed E-state index contributed by atoms with van der Waals surface area (Å²) in [6.07, 6.45) is 3.67. The van der Waals surface area contributed by atoms with Crippen molar-refractivity contribution in [1.82, 2.24) is 4.90 Å². The highest BCUT2D eigenvalue weighted by atomic mass is 19.1. The first-order valence-electron chi connectivity index (χ1n) is 6.96. The molecule has 1 aromatic carbocycles. The maximum absolute atomic E-state index is 13.2. The lowest BCUT2D eigenvalue weighted by Gasteiger charge is -2.32. The van der Waals surface area contributed by atoms with Gasteiger partial charge in [-0.15, -0.1) is 0 Å².